The van der Waals surface area contributed by atoms with Crippen molar-refractivity contribution >= 4 is 34.2 Å². The highest BCUT2D eigenvalue weighted by atomic mass is 35.5. The zero-order valence-electron chi connectivity index (χ0n) is 15.6. The summed E-state index contributed by atoms with van der Waals surface area (Å²) < 4.78 is 5.14. The van der Waals surface area contributed by atoms with Crippen LogP contribution in [0, 0.1) is 5.92 Å². The second-order valence-electron chi connectivity index (χ2n) is 7.07. The van der Waals surface area contributed by atoms with Gasteiger partial charge in [0, 0.05) is 40.5 Å². The van der Waals surface area contributed by atoms with E-state index in [1.165, 1.54) is 0 Å². The molecule has 0 saturated carbocycles. The van der Waals surface area contributed by atoms with Gasteiger partial charge in [-0.2, -0.15) is 0 Å². The van der Waals surface area contributed by atoms with E-state index in [1.807, 2.05) is 23.1 Å². The molecule has 3 aromatic rings. The highest BCUT2D eigenvalue weighted by molar-refractivity contribution is 6.31. The van der Waals surface area contributed by atoms with Gasteiger partial charge in [0.15, 0.2) is 5.78 Å². The van der Waals surface area contributed by atoms with Crippen molar-refractivity contribution in [1.82, 2.24) is 9.88 Å². The number of amides is 1. The molecular weight excluding hydrogens is 376 g/mol. The monoisotopic (exact) mass is 396 g/mol. The van der Waals surface area contributed by atoms with Crippen LogP contribution in [0.25, 0.3) is 10.9 Å². The van der Waals surface area contributed by atoms with Crippen LogP contribution in [0.4, 0.5) is 0 Å². The van der Waals surface area contributed by atoms with Crippen molar-refractivity contribution in [2.75, 3.05) is 20.2 Å². The average Bonchev–Trinajstić information content (AvgIpc) is 3.16. The first-order valence-electron chi connectivity index (χ1n) is 9.31. The first kappa shape index (κ1) is 18.6. The number of rotatable bonds is 4. The predicted octanol–water partition coefficient (Wildman–Crippen LogP) is 4.57. The smallest absolute Gasteiger partial charge is 0.270 e. The molecule has 4 rings (SSSR count). The van der Waals surface area contributed by atoms with Crippen molar-refractivity contribution in [1.29, 1.82) is 0 Å². The van der Waals surface area contributed by atoms with Crippen LogP contribution in [-0.4, -0.2) is 41.8 Å². The number of nitrogens with zero attached hydrogens (tertiary/aromatic N) is 1. The predicted molar refractivity (Wildman–Crippen MR) is 109 cm³/mol. The van der Waals surface area contributed by atoms with Crippen molar-refractivity contribution < 1.29 is 14.3 Å². The molecule has 0 bridgehead atoms. The van der Waals surface area contributed by atoms with Gasteiger partial charge in [-0.15, -0.1) is 0 Å². The first-order chi connectivity index (χ1) is 13.5. The number of ether oxygens (including phenoxy) is 1. The van der Waals surface area contributed by atoms with Crippen molar-refractivity contribution in [3.05, 3.63) is 64.8 Å². The molecule has 28 heavy (non-hydrogen) atoms. The summed E-state index contributed by atoms with van der Waals surface area (Å²) in [7, 11) is 1.60. The third-order valence-electron chi connectivity index (χ3n) is 5.34. The van der Waals surface area contributed by atoms with Gasteiger partial charge in [0.2, 0.25) is 0 Å². The number of aromatic amines is 1. The third-order valence-corrected chi connectivity index (χ3v) is 5.58. The van der Waals surface area contributed by atoms with E-state index in [2.05, 4.69) is 4.98 Å². The van der Waals surface area contributed by atoms with E-state index in [4.69, 9.17) is 16.3 Å². The second kappa shape index (κ2) is 7.68. The van der Waals surface area contributed by atoms with Crippen LogP contribution in [0.1, 0.15) is 33.7 Å². The zero-order valence-corrected chi connectivity index (χ0v) is 16.3. The molecule has 6 heteroatoms. The molecule has 0 atom stereocenters. The highest BCUT2D eigenvalue weighted by Crippen LogP contribution is 2.25. The Morgan fingerprint density at radius 3 is 2.46 bits per heavy atom. The minimum Gasteiger partial charge on any atom is -0.497 e. The van der Waals surface area contributed by atoms with Gasteiger partial charge in [0.25, 0.3) is 5.91 Å². The lowest BCUT2D eigenvalue weighted by Gasteiger charge is -2.31. The van der Waals surface area contributed by atoms with Crippen LogP contribution in [0.5, 0.6) is 5.75 Å². The molecule has 2 aromatic carbocycles. The molecule has 0 radical (unpaired) electrons. The number of methoxy groups -OCH3 is 1. The average molecular weight is 397 g/mol. The largest absolute Gasteiger partial charge is 0.497 e. The van der Waals surface area contributed by atoms with Gasteiger partial charge < -0.3 is 14.6 Å². The topological polar surface area (TPSA) is 62.4 Å². The number of nitrogens with one attached hydrogen (secondary N) is 1. The SMILES string of the molecule is COc1ccc(C(=O)C2CCN(C(=O)c3cc4cc(Cl)ccc4[nH]3)CC2)cc1. The zero-order chi connectivity index (χ0) is 19.7. The first-order valence-corrected chi connectivity index (χ1v) is 9.69. The number of ketones is 1. The molecule has 144 valence electrons. The van der Waals surface area contributed by atoms with Gasteiger partial charge in [-0.05, 0) is 61.4 Å². The molecule has 0 aliphatic carbocycles. The highest BCUT2D eigenvalue weighted by Gasteiger charge is 2.29. The Hall–Kier alpha value is -2.79. The van der Waals surface area contributed by atoms with Gasteiger partial charge in [-0.1, -0.05) is 11.6 Å². The Morgan fingerprint density at radius 1 is 1.07 bits per heavy atom. The van der Waals surface area contributed by atoms with E-state index in [0.29, 0.717) is 42.2 Å². The number of benzene rings is 2. The van der Waals surface area contributed by atoms with E-state index in [1.54, 1.807) is 37.4 Å². The van der Waals surface area contributed by atoms with Gasteiger partial charge in [0.05, 0.1) is 7.11 Å². The van der Waals surface area contributed by atoms with Crippen molar-refractivity contribution in [2.24, 2.45) is 5.92 Å². The number of hydrogen-bond acceptors (Lipinski definition) is 3. The number of carbonyl (C=O) groups is 2. The summed E-state index contributed by atoms with van der Waals surface area (Å²) in [6.07, 6.45) is 1.34. The van der Waals surface area contributed by atoms with Gasteiger partial charge in [-0.25, -0.2) is 0 Å². The minimum absolute atomic E-state index is 0.0392. The number of Topliss-reactive ketones (excluding diaryl/α,β-unsaturated/α-hetero) is 1. The lowest BCUT2D eigenvalue weighted by atomic mass is 9.89. The maximum atomic E-state index is 12.8. The van der Waals surface area contributed by atoms with E-state index >= 15 is 0 Å². The molecule has 1 amide bonds. The van der Waals surface area contributed by atoms with Crippen LogP contribution in [0.3, 0.4) is 0 Å². The Balaban J connectivity index is 1.41. The lowest BCUT2D eigenvalue weighted by molar-refractivity contribution is 0.0646. The number of H-pyrrole nitrogens is 1. The number of aromatic nitrogens is 1. The fourth-order valence-corrected chi connectivity index (χ4v) is 3.91. The van der Waals surface area contributed by atoms with E-state index in [9.17, 15) is 9.59 Å². The molecule has 1 aromatic heterocycles. The fourth-order valence-electron chi connectivity index (χ4n) is 3.72. The number of carbonyl (C=O) groups excluding carboxylic acids is 2. The number of piperidine rings is 1. The van der Waals surface area contributed by atoms with E-state index < -0.39 is 0 Å². The third kappa shape index (κ3) is 3.62. The Bertz CT molecular complexity index is 1020. The molecular formula is C22H21ClN2O3. The summed E-state index contributed by atoms with van der Waals surface area (Å²) in [6.45, 7) is 1.14. The molecule has 1 N–H and O–H groups in total. The summed E-state index contributed by atoms with van der Waals surface area (Å²) in [5, 5.41) is 1.56. The van der Waals surface area contributed by atoms with Crippen LogP contribution in [0.15, 0.2) is 48.5 Å². The van der Waals surface area contributed by atoms with Gasteiger partial charge in [0.1, 0.15) is 11.4 Å². The quantitative estimate of drug-likeness (QED) is 0.657. The van der Waals surface area contributed by atoms with E-state index in [-0.39, 0.29) is 17.6 Å². The molecule has 1 saturated heterocycles. The molecule has 1 aliphatic rings. The van der Waals surface area contributed by atoms with Crippen molar-refractivity contribution in [2.45, 2.75) is 12.8 Å². The van der Waals surface area contributed by atoms with Gasteiger partial charge >= 0.3 is 0 Å². The molecule has 1 aliphatic heterocycles. The van der Waals surface area contributed by atoms with Crippen LogP contribution < -0.4 is 4.74 Å². The second-order valence-corrected chi connectivity index (χ2v) is 7.51. The molecule has 2 heterocycles. The Labute approximate surface area is 168 Å². The Kier molecular flexibility index (Phi) is 5.09. The van der Waals surface area contributed by atoms with Crippen LogP contribution in [0.2, 0.25) is 5.02 Å². The van der Waals surface area contributed by atoms with E-state index in [0.717, 1.165) is 16.7 Å². The minimum atomic E-state index is -0.0565. The molecule has 0 unspecified atom stereocenters. The number of halogens is 1. The summed E-state index contributed by atoms with van der Waals surface area (Å²) in [5.41, 5.74) is 2.13. The standard InChI is InChI=1S/C22H21ClN2O3/c1-28-18-5-2-14(3-6-18)21(26)15-8-10-25(11-9-15)22(27)20-13-16-12-17(23)4-7-19(16)24-20/h2-7,12-13,15,24H,8-11H2,1H3. The summed E-state index contributed by atoms with van der Waals surface area (Å²) in [5.74, 6) is 0.772. The Morgan fingerprint density at radius 2 is 1.79 bits per heavy atom. The molecule has 5 nitrogen and oxygen atoms in total. The molecule has 1 fully saturated rings. The number of hydrogen-bond donors (Lipinski definition) is 1. The summed E-state index contributed by atoms with van der Waals surface area (Å²) in [6, 6.07) is 14.5. The van der Waals surface area contributed by atoms with Crippen LogP contribution >= 0.6 is 11.6 Å². The fraction of sp³-hybridized carbons (Fsp3) is 0.273. The summed E-state index contributed by atoms with van der Waals surface area (Å²) in [4.78, 5) is 30.5. The van der Waals surface area contributed by atoms with Crippen molar-refractivity contribution in [3.8, 4) is 5.75 Å². The van der Waals surface area contributed by atoms with Crippen molar-refractivity contribution in [3.63, 3.8) is 0 Å². The molecule has 0 spiro atoms. The summed E-state index contributed by atoms with van der Waals surface area (Å²) >= 11 is 6.02. The normalized spacial score (nSPS) is 15.0. The maximum absolute atomic E-state index is 12.8. The number of fused-ring (bicyclic) bond motifs is 1. The number of likely N-dealkylation sites (tertiary alicyclic amines) is 1. The lowest BCUT2D eigenvalue weighted by Crippen LogP contribution is -2.40. The van der Waals surface area contributed by atoms with Gasteiger partial charge in [-0.3, -0.25) is 9.59 Å². The van der Waals surface area contributed by atoms with Crippen LogP contribution in [-0.2, 0) is 0 Å². The maximum Gasteiger partial charge on any atom is 0.270 e.